The zero-order valence-corrected chi connectivity index (χ0v) is 12.5. The molecule has 7 heteroatoms. The van der Waals surface area contributed by atoms with Crippen LogP contribution < -0.4 is 0 Å². The molecule has 1 fully saturated rings. The highest BCUT2D eigenvalue weighted by atomic mass is 35.7. The van der Waals surface area contributed by atoms with E-state index in [1.54, 1.807) is 4.57 Å². The predicted molar refractivity (Wildman–Crippen MR) is 75.2 cm³/mol. The van der Waals surface area contributed by atoms with Gasteiger partial charge in [0.25, 0.3) is 14.2 Å². The van der Waals surface area contributed by atoms with Gasteiger partial charge in [0.1, 0.15) is 5.82 Å². The molecule has 1 aliphatic carbocycles. The van der Waals surface area contributed by atoms with Crippen LogP contribution in [-0.2, 0) is 21.0 Å². The van der Waals surface area contributed by atoms with Gasteiger partial charge in [-0.25, -0.2) is 8.42 Å². The summed E-state index contributed by atoms with van der Waals surface area (Å²) in [7, 11) is 1.54. The molecule has 0 N–H and O–H groups in total. The predicted octanol–water partition coefficient (Wildman–Crippen LogP) is 2.31. The van der Waals surface area contributed by atoms with E-state index < -0.39 is 9.05 Å². The van der Waals surface area contributed by atoms with E-state index in [1.807, 2.05) is 37.3 Å². The van der Waals surface area contributed by atoms with Crippen LogP contribution in [0.5, 0.6) is 0 Å². The third kappa shape index (κ3) is 2.03. The van der Waals surface area contributed by atoms with Crippen LogP contribution in [0.2, 0.25) is 0 Å². The zero-order chi connectivity index (χ0) is 14.4. The highest BCUT2D eigenvalue weighted by Crippen LogP contribution is 2.52. The largest absolute Gasteiger partial charge is 0.300 e. The Bertz CT molecular complexity index is 736. The van der Waals surface area contributed by atoms with Crippen LogP contribution in [0.4, 0.5) is 0 Å². The van der Waals surface area contributed by atoms with E-state index in [4.69, 9.17) is 10.7 Å². The average molecular weight is 312 g/mol. The van der Waals surface area contributed by atoms with E-state index in [1.165, 1.54) is 0 Å². The van der Waals surface area contributed by atoms with Crippen molar-refractivity contribution in [2.24, 2.45) is 0 Å². The van der Waals surface area contributed by atoms with Gasteiger partial charge in [-0.2, -0.15) is 0 Å². The Labute approximate surface area is 122 Å². The molecule has 0 aliphatic heterocycles. The van der Waals surface area contributed by atoms with Gasteiger partial charge in [-0.1, -0.05) is 30.3 Å². The summed E-state index contributed by atoms with van der Waals surface area (Å²) < 4.78 is 24.7. The minimum Gasteiger partial charge on any atom is -0.300 e. The van der Waals surface area contributed by atoms with Crippen molar-refractivity contribution in [2.75, 3.05) is 0 Å². The molecule has 5 nitrogen and oxygen atoms in total. The molecule has 106 valence electrons. The summed E-state index contributed by atoms with van der Waals surface area (Å²) in [5.41, 5.74) is 0.921. The molecule has 3 rings (SSSR count). The van der Waals surface area contributed by atoms with Gasteiger partial charge >= 0.3 is 0 Å². The second kappa shape index (κ2) is 4.56. The Morgan fingerprint density at radius 3 is 2.40 bits per heavy atom. The number of nitrogens with zero attached hydrogens (tertiary/aromatic N) is 3. The van der Waals surface area contributed by atoms with Crippen LogP contribution in [0.3, 0.4) is 0 Å². The van der Waals surface area contributed by atoms with Gasteiger partial charge in [0.05, 0.1) is 5.41 Å². The van der Waals surface area contributed by atoms with E-state index in [0.717, 1.165) is 18.4 Å². The molecule has 20 heavy (non-hydrogen) atoms. The number of rotatable bonds is 4. The van der Waals surface area contributed by atoms with E-state index in [2.05, 4.69) is 10.2 Å². The maximum absolute atomic E-state index is 11.6. The quantitative estimate of drug-likeness (QED) is 0.813. The minimum atomic E-state index is -3.88. The van der Waals surface area contributed by atoms with Crippen LogP contribution >= 0.6 is 10.7 Å². The van der Waals surface area contributed by atoms with Crippen molar-refractivity contribution in [2.45, 2.75) is 36.9 Å². The lowest BCUT2D eigenvalue weighted by Crippen LogP contribution is -2.17. The van der Waals surface area contributed by atoms with Gasteiger partial charge < -0.3 is 4.57 Å². The summed E-state index contributed by atoms with van der Waals surface area (Å²) in [5.74, 6) is 0.686. The number of halogens is 1. The summed E-state index contributed by atoms with van der Waals surface area (Å²) in [6, 6.07) is 9.98. The molecule has 0 unspecified atom stereocenters. The average Bonchev–Trinajstić information content (AvgIpc) is 3.10. The third-order valence-electron chi connectivity index (χ3n) is 3.76. The zero-order valence-electron chi connectivity index (χ0n) is 11.0. The molecule has 0 spiro atoms. The highest BCUT2D eigenvalue weighted by molar-refractivity contribution is 8.13. The van der Waals surface area contributed by atoms with E-state index >= 15 is 0 Å². The summed E-state index contributed by atoms with van der Waals surface area (Å²) in [6.07, 6.45) is 1.88. The van der Waals surface area contributed by atoms with Crippen LogP contribution in [0.15, 0.2) is 35.5 Å². The van der Waals surface area contributed by atoms with Crippen molar-refractivity contribution in [3.05, 3.63) is 41.7 Å². The second-order valence-electron chi connectivity index (χ2n) is 4.94. The van der Waals surface area contributed by atoms with Crippen molar-refractivity contribution in [1.82, 2.24) is 14.8 Å². The normalized spacial score (nSPS) is 17.1. The van der Waals surface area contributed by atoms with E-state index in [-0.39, 0.29) is 10.6 Å². The Morgan fingerprint density at radius 1 is 1.25 bits per heavy atom. The highest BCUT2D eigenvalue weighted by Gasteiger charge is 2.50. The van der Waals surface area contributed by atoms with Crippen molar-refractivity contribution < 1.29 is 8.42 Å². The first-order valence-electron chi connectivity index (χ1n) is 6.43. The Hall–Kier alpha value is -1.40. The molecule has 1 aliphatic rings. The summed E-state index contributed by atoms with van der Waals surface area (Å²) in [4.78, 5) is 0. The Kier molecular flexibility index (Phi) is 3.10. The summed E-state index contributed by atoms with van der Waals surface area (Å²) >= 11 is 0. The molecule has 0 atom stereocenters. The van der Waals surface area contributed by atoms with Gasteiger partial charge in [0.2, 0.25) is 0 Å². The van der Waals surface area contributed by atoms with E-state index in [0.29, 0.717) is 12.4 Å². The minimum absolute atomic E-state index is 0.168. The second-order valence-corrected chi connectivity index (χ2v) is 7.40. The fourth-order valence-electron chi connectivity index (χ4n) is 2.63. The molecule has 0 amide bonds. The van der Waals surface area contributed by atoms with Gasteiger partial charge in [-0.05, 0) is 25.3 Å². The Balaban J connectivity index is 2.15. The monoisotopic (exact) mass is 311 g/mol. The molecule has 1 saturated carbocycles. The molecule has 0 radical (unpaired) electrons. The van der Waals surface area contributed by atoms with Gasteiger partial charge in [0.15, 0.2) is 0 Å². The smallest absolute Gasteiger partial charge is 0.296 e. The number of hydrogen-bond acceptors (Lipinski definition) is 4. The lowest BCUT2D eigenvalue weighted by atomic mass is 9.95. The van der Waals surface area contributed by atoms with E-state index in [9.17, 15) is 8.42 Å². The first-order valence-corrected chi connectivity index (χ1v) is 8.74. The molecule has 1 heterocycles. The molecule has 1 aromatic heterocycles. The molecular formula is C13H14ClN3O2S. The maximum atomic E-state index is 11.6. The van der Waals surface area contributed by atoms with Crippen LogP contribution in [-0.4, -0.2) is 23.2 Å². The maximum Gasteiger partial charge on any atom is 0.296 e. The van der Waals surface area contributed by atoms with Gasteiger partial charge in [0, 0.05) is 17.2 Å². The third-order valence-corrected chi connectivity index (χ3v) is 4.91. The van der Waals surface area contributed by atoms with Crippen molar-refractivity contribution in [3.8, 4) is 0 Å². The SMILES string of the molecule is CCn1c(C2(c3ccccc3)CC2)nnc1S(=O)(=O)Cl. The van der Waals surface area contributed by atoms with Crippen LogP contribution in [0.1, 0.15) is 31.2 Å². The number of hydrogen-bond donors (Lipinski definition) is 0. The molecule has 0 bridgehead atoms. The fourth-order valence-corrected chi connectivity index (χ4v) is 3.59. The fraction of sp³-hybridized carbons (Fsp3) is 0.385. The molecule has 2 aromatic rings. The summed E-state index contributed by atoms with van der Waals surface area (Å²) in [5, 5.41) is 7.73. The standard InChI is InChI=1S/C13H14ClN3O2S/c1-2-17-11(15-16-12(17)20(14,18)19)13(8-9-13)10-6-4-3-5-7-10/h3-7H,2,8-9H2,1H3. The van der Waals surface area contributed by atoms with Crippen LogP contribution in [0, 0.1) is 0 Å². The molecule has 1 aromatic carbocycles. The topological polar surface area (TPSA) is 64.8 Å². The lowest BCUT2D eigenvalue weighted by molar-refractivity contribution is 0.564. The first kappa shape index (κ1) is 13.6. The Morgan fingerprint density at radius 2 is 1.90 bits per heavy atom. The van der Waals surface area contributed by atoms with Crippen LogP contribution in [0.25, 0.3) is 0 Å². The summed E-state index contributed by atoms with van der Waals surface area (Å²) in [6.45, 7) is 2.33. The molecular weight excluding hydrogens is 298 g/mol. The van der Waals surface area contributed by atoms with Crippen molar-refractivity contribution >= 4 is 19.7 Å². The number of benzene rings is 1. The lowest BCUT2D eigenvalue weighted by Gasteiger charge is -2.16. The first-order chi connectivity index (χ1) is 9.49. The number of aromatic nitrogens is 3. The van der Waals surface area contributed by atoms with Crippen molar-refractivity contribution in [3.63, 3.8) is 0 Å². The van der Waals surface area contributed by atoms with Gasteiger partial charge in [-0.15, -0.1) is 10.2 Å². The van der Waals surface area contributed by atoms with Crippen molar-refractivity contribution in [1.29, 1.82) is 0 Å². The molecule has 0 saturated heterocycles. The van der Waals surface area contributed by atoms with Gasteiger partial charge in [-0.3, -0.25) is 0 Å².